The predicted molar refractivity (Wildman–Crippen MR) is 132 cm³/mol. The zero-order valence-corrected chi connectivity index (χ0v) is 20.1. The SMILES string of the molecule is CCc1ccc(N2C(=O)NC(=O)/C(=C\c3cc4c(cc3Cl)N(C)C(C)(C)C=C4C)C2=O)cc1. The molecule has 0 atom stereocenters. The van der Waals surface area contributed by atoms with Gasteiger partial charge in [0.25, 0.3) is 11.8 Å². The molecule has 1 saturated heterocycles. The Bertz CT molecular complexity index is 1240. The zero-order valence-electron chi connectivity index (χ0n) is 19.3. The second-order valence-corrected chi connectivity index (χ2v) is 9.32. The van der Waals surface area contributed by atoms with E-state index in [0.717, 1.165) is 33.7 Å². The molecule has 6 nitrogen and oxygen atoms in total. The van der Waals surface area contributed by atoms with Crippen LogP contribution < -0.4 is 15.1 Å². The standard InChI is InChI=1S/C26H26ClN3O3/c1-6-16-7-9-18(10-8-16)30-24(32)20(23(31)28-25(30)33)12-17-11-19-15(2)14-26(3,4)29(5)22(19)13-21(17)27/h7-14H,6H2,1-5H3,(H,28,31,33)/b20-12+. The van der Waals surface area contributed by atoms with Crippen LogP contribution in [-0.2, 0) is 16.0 Å². The van der Waals surface area contributed by atoms with Gasteiger partial charge in [-0.15, -0.1) is 0 Å². The molecule has 0 radical (unpaired) electrons. The number of nitrogens with zero attached hydrogens (tertiary/aromatic N) is 2. The van der Waals surface area contributed by atoms with Crippen molar-refractivity contribution in [2.75, 3.05) is 16.8 Å². The maximum atomic E-state index is 13.2. The number of amides is 4. The number of carbonyl (C=O) groups excluding carboxylic acids is 3. The van der Waals surface area contributed by atoms with E-state index in [1.807, 2.05) is 45.2 Å². The Hall–Kier alpha value is -3.38. The average Bonchev–Trinajstić information content (AvgIpc) is 2.75. The first kappa shape index (κ1) is 22.8. The van der Waals surface area contributed by atoms with Crippen LogP contribution in [0.4, 0.5) is 16.2 Å². The quantitative estimate of drug-likeness (QED) is 0.501. The summed E-state index contributed by atoms with van der Waals surface area (Å²) in [6, 6.07) is 10.0. The minimum atomic E-state index is -0.773. The number of urea groups is 1. The van der Waals surface area contributed by atoms with E-state index in [1.165, 1.54) is 6.08 Å². The molecule has 2 heterocycles. The monoisotopic (exact) mass is 463 g/mol. The fourth-order valence-corrected chi connectivity index (χ4v) is 4.44. The fraction of sp³-hybridized carbons (Fsp3) is 0.269. The number of hydrogen-bond donors (Lipinski definition) is 1. The lowest BCUT2D eigenvalue weighted by Crippen LogP contribution is -2.54. The van der Waals surface area contributed by atoms with Crippen molar-refractivity contribution < 1.29 is 14.4 Å². The number of barbiturate groups is 1. The number of anilines is 2. The van der Waals surface area contributed by atoms with Gasteiger partial charge in [-0.25, -0.2) is 9.69 Å². The molecule has 0 saturated carbocycles. The molecule has 0 spiro atoms. The highest BCUT2D eigenvalue weighted by molar-refractivity contribution is 6.40. The number of imide groups is 2. The van der Waals surface area contributed by atoms with Crippen molar-refractivity contribution in [1.82, 2.24) is 5.32 Å². The number of halogens is 1. The zero-order chi connectivity index (χ0) is 24.1. The highest BCUT2D eigenvalue weighted by atomic mass is 35.5. The molecule has 0 unspecified atom stereocenters. The highest BCUT2D eigenvalue weighted by Gasteiger charge is 2.37. The number of benzene rings is 2. The van der Waals surface area contributed by atoms with Gasteiger partial charge in [-0.2, -0.15) is 0 Å². The van der Waals surface area contributed by atoms with Crippen molar-refractivity contribution >= 4 is 52.5 Å². The Morgan fingerprint density at radius 3 is 2.39 bits per heavy atom. The first-order valence-electron chi connectivity index (χ1n) is 10.8. The molecule has 7 heteroatoms. The molecule has 4 rings (SSSR count). The fourth-order valence-electron chi connectivity index (χ4n) is 4.23. The largest absolute Gasteiger partial charge is 0.365 e. The lowest BCUT2D eigenvalue weighted by molar-refractivity contribution is -0.122. The first-order chi connectivity index (χ1) is 15.5. The molecule has 2 aliphatic heterocycles. The summed E-state index contributed by atoms with van der Waals surface area (Å²) >= 11 is 6.58. The number of fused-ring (bicyclic) bond motifs is 1. The Kier molecular flexibility index (Phi) is 5.66. The van der Waals surface area contributed by atoms with E-state index in [0.29, 0.717) is 16.3 Å². The van der Waals surface area contributed by atoms with Crippen LogP contribution in [0.2, 0.25) is 5.02 Å². The smallest absolute Gasteiger partial charge is 0.335 e. The van der Waals surface area contributed by atoms with Gasteiger partial charge in [0.05, 0.1) is 11.2 Å². The Morgan fingerprint density at radius 2 is 1.76 bits per heavy atom. The van der Waals surface area contributed by atoms with E-state index >= 15 is 0 Å². The maximum Gasteiger partial charge on any atom is 0.335 e. The van der Waals surface area contributed by atoms with Crippen LogP contribution in [0.1, 0.15) is 44.4 Å². The normalized spacial score (nSPS) is 18.9. The second kappa shape index (κ2) is 8.19. The number of rotatable bonds is 3. The van der Waals surface area contributed by atoms with Gasteiger partial charge in [-0.3, -0.25) is 14.9 Å². The summed E-state index contributed by atoms with van der Waals surface area (Å²) in [6.45, 7) is 8.28. The van der Waals surface area contributed by atoms with Gasteiger partial charge >= 0.3 is 6.03 Å². The van der Waals surface area contributed by atoms with Crippen molar-refractivity contribution in [1.29, 1.82) is 0 Å². The van der Waals surface area contributed by atoms with Gasteiger partial charge in [0.2, 0.25) is 0 Å². The van der Waals surface area contributed by atoms with Crippen molar-refractivity contribution in [3.8, 4) is 0 Å². The number of nitrogens with one attached hydrogen (secondary N) is 1. The van der Waals surface area contributed by atoms with Gasteiger partial charge in [0, 0.05) is 23.3 Å². The second-order valence-electron chi connectivity index (χ2n) is 8.91. The summed E-state index contributed by atoms with van der Waals surface area (Å²) in [5.41, 5.74) is 4.71. The van der Waals surface area contributed by atoms with Crippen molar-refractivity contribution in [3.63, 3.8) is 0 Å². The topological polar surface area (TPSA) is 69.7 Å². The van der Waals surface area contributed by atoms with Crippen LogP contribution in [0.25, 0.3) is 11.6 Å². The van der Waals surface area contributed by atoms with E-state index in [1.54, 1.807) is 12.1 Å². The number of aryl methyl sites for hydroxylation is 1. The number of likely N-dealkylation sites (N-methyl/N-ethyl adjacent to an activating group) is 1. The molecule has 2 aromatic carbocycles. The molecule has 0 bridgehead atoms. The van der Waals surface area contributed by atoms with E-state index < -0.39 is 17.8 Å². The number of hydrogen-bond acceptors (Lipinski definition) is 4. The summed E-state index contributed by atoms with van der Waals surface area (Å²) in [5, 5.41) is 2.67. The van der Waals surface area contributed by atoms with Crippen molar-refractivity contribution in [3.05, 3.63) is 69.8 Å². The minimum absolute atomic E-state index is 0.151. The number of allylic oxidation sites excluding steroid dienone is 1. The van der Waals surface area contributed by atoms with Crippen LogP contribution in [0.3, 0.4) is 0 Å². The van der Waals surface area contributed by atoms with Gasteiger partial charge in [0.1, 0.15) is 5.57 Å². The molecule has 0 aromatic heterocycles. The molecule has 1 N–H and O–H groups in total. The van der Waals surface area contributed by atoms with E-state index in [9.17, 15) is 14.4 Å². The van der Waals surface area contributed by atoms with Gasteiger partial charge in [0.15, 0.2) is 0 Å². The third-order valence-electron chi connectivity index (χ3n) is 6.34. The number of carbonyl (C=O) groups is 3. The highest BCUT2D eigenvalue weighted by Crippen LogP contribution is 2.41. The first-order valence-corrected chi connectivity index (χ1v) is 11.2. The van der Waals surface area contributed by atoms with Crippen molar-refractivity contribution in [2.45, 2.75) is 39.7 Å². The summed E-state index contributed by atoms with van der Waals surface area (Å²) in [4.78, 5) is 41.4. The molecule has 170 valence electrons. The van der Waals surface area contributed by atoms with Gasteiger partial charge in [-0.05, 0) is 74.2 Å². The van der Waals surface area contributed by atoms with E-state index in [-0.39, 0.29) is 11.1 Å². The maximum absolute atomic E-state index is 13.2. The Morgan fingerprint density at radius 1 is 1.09 bits per heavy atom. The third-order valence-corrected chi connectivity index (χ3v) is 6.67. The van der Waals surface area contributed by atoms with Gasteiger partial charge < -0.3 is 4.90 Å². The van der Waals surface area contributed by atoms with E-state index in [2.05, 4.69) is 30.1 Å². The summed E-state index contributed by atoms with van der Waals surface area (Å²) in [6.07, 6.45) is 4.45. The summed E-state index contributed by atoms with van der Waals surface area (Å²) in [7, 11) is 2.00. The minimum Gasteiger partial charge on any atom is -0.365 e. The molecule has 2 aliphatic rings. The van der Waals surface area contributed by atoms with E-state index in [4.69, 9.17) is 11.6 Å². The summed E-state index contributed by atoms with van der Waals surface area (Å²) < 4.78 is 0. The van der Waals surface area contributed by atoms with Crippen LogP contribution in [0.15, 0.2) is 48.0 Å². The van der Waals surface area contributed by atoms with Crippen LogP contribution in [0, 0.1) is 0 Å². The lowest BCUT2D eigenvalue weighted by atomic mass is 9.88. The predicted octanol–water partition coefficient (Wildman–Crippen LogP) is 5.20. The molecule has 1 fully saturated rings. The molecule has 0 aliphatic carbocycles. The molecular formula is C26H26ClN3O3. The van der Waals surface area contributed by atoms with Gasteiger partial charge in [-0.1, -0.05) is 36.7 Å². The third kappa shape index (κ3) is 3.95. The van der Waals surface area contributed by atoms with Crippen molar-refractivity contribution in [2.24, 2.45) is 0 Å². The molecule has 2 aromatic rings. The van der Waals surface area contributed by atoms with Crippen LogP contribution >= 0.6 is 11.6 Å². The van der Waals surface area contributed by atoms with Crippen LogP contribution in [0.5, 0.6) is 0 Å². The molecule has 33 heavy (non-hydrogen) atoms. The molecule has 4 amide bonds. The Labute approximate surface area is 198 Å². The van der Waals surface area contributed by atoms with Crippen LogP contribution in [-0.4, -0.2) is 30.4 Å². The Balaban J connectivity index is 1.76. The molecular weight excluding hydrogens is 438 g/mol. The summed E-state index contributed by atoms with van der Waals surface area (Å²) in [5.74, 6) is -1.43. The lowest BCUT2D eigenvalue weighted by Gasteiger charge is -2.40. The average molecular weight is 464 g/mol.